The number of benzene rings is 2. The molecule has 6 heteroatoms. The van der Waals surface area contributed by atoms with E-state index >= 15 is 0 Å². The summed E-state index contributed by atoms with van der Waals surface area (Å²) in [6, 6.07) is 15.5. The van der Waals surface area contributed by atoms with Crippen LogP contribution < -0.4 is 10.1 Å². The summed E-state index contributed by atoms with van der Waals surface area (Å²) in [4.78, 5) is 16.4. The number of furan rings is 1. The van der Waals surface area contributed by atoms with Gasteiger partial charge < -0.3 is 14.5 Å². The molecule has 0 saturated heterocycles. The van der Waals surface area contributed by atoms with E-state index in [2.05, 4.69) is 28.6 Å². The quantitative estimate of drug-likeness (QED) is 0.438. The Morgan fingerprint density at radius 3 is 2.72 bits per heavy atom. The molecule has 0 fully saturated rings. The minimum atomic E-state index is -0.279. The predicted molar refractivity (Wildman–Crippen MR) is 119 cm³/mol. The maximum Gasteiger partial charge on any atom is 0.241 e. The van der Waals surface area contributed by atoms with Crippen molar-refractivity contribution in [3.8, 4) is 5.75 Å². The molecule has 150 valence electrons. The SMILES string of the molecule is CCN(Cc1cccs1)[C@@H](C)C(=O)Nc1cc2oc3ccccc3c2cc1OC. The van der Waals surface area contributed by atoms with Gasteiger partial charge in [0.05, 0.1) is 18.8 Å². The molecule has 1 atom stereocenters. The normalized spacial score (nSPS) is 12.6. The summed E-state index contributed by atoms with van der Waals surface area (Å²) in [5.41, 5.74) is 2.15. The molecular weight excluding hydrogens is 384 g/mol. The molecule has 0 radical (unpaired) electrons. The first-order chi connectivity index (χ1) is 14.1. The molecule has 2 aromatic heterocycles. The van der Waals surface area contributed by atoms with Crippen molar-refractivity contribution >= 4 is 44.9 Å². The molecule has 1 N–H and O–H groups in total. The first kappa shape index (κ1) is 19.5. The number of ether oxygens (including phenoxy) is 1. The van der Waals surface area contributed by atoms with Crippen LogP contribution in [0.2, 0.25) is 0 Å². The lowest BCUT2D eigenvalue weighted by atomic mass is 10.1. The second kappa shape index (κ2) is 8.27. The molecule has 0 unspecified atom stereocenters. The van der Waals surface area contributed by atoms with E-state index in [9.17, 15) is 4.79 Å². The van der Waals surface area contributed by atoms with Crippen LogP contribution in [0.25, 0.3) is 21.9 Å². The van der Waals surface area contributed by atoms with E-state index in [1.165, 1.54) is 4.88 Å². The van der Waals surface area contributed by atoms with E-state index < -0.39 is 0 Å². The summed E-state index contributed by atoms with van der Waals surface area (Å²) >= 11 is 1.70. The average Bonchev–Trinajstić information content (AvgIpc) is 3.37. The zero-order chi connectivity index (χ0) is 20.4. The highest BCUT2D eigenvalue weighted by molar-refractivity contribution is 7.09. The van der Waals surface area contributed by atoms with E-state index in [1.807, 2.05) is 49.4 Å². The van der Waals surface area contributed by atoms with Crippen LogP contribution in [0.4, 0.5) is 5.69 Å². The van der Waals surface area contributed by atoms with E-state index in [4.69, 9.17) is 9.15 Å². The van der Waals surface area contributed by atoms with E-state index in [0.29, 0.717) is 11.4 Å². The van der Waals surface area contributed by atoms with Gasteiger partial charge in [0.15, 0.2) is 0 Å². The van der Waals surface area contributed by atoms with Gasteiger partial charge in [-0.15, -0.1) is 11.3 Å². The number of carbonyl (C=O) groups excluding carboxylic acids is 1. The molecule has 4 aromatic rings. The van der Waals surface area contributed by atoms with Crippen LogP contribution in [-0.2, 0) is 11.3 Å². The molecule has 2 aromatic carbocycles. The molecule has 0 aliphatic rings. The third-order valence-corrected chi connectivity index (χ3v) is 6.09. The highest BCUT2D eigenvalue weighted by Crippen LogP contribution is 2.36. The number of hydrogen-bond donors (Lipinski definition) is 1. The number of fused-ring (bicyclic) bond motifs is 3. The van der Waals surface area contributed by atoms with Gasteiger partial charge in [-0.25, -0.2) is 0 Å². The van der Waals surface area contributed by atoms with Gasteiger partial charge in [0.25, 0.3) is 0 Å². The number of para-hydroxylation sites is 1. The van der Waals surface area contributed by atoms with Crippen molar-refractivity contribution in [3.05, 3.63) is 58.8 Å². The number of hydrogen-bond acceptors (Lipinski definition) is 5. The van der Waals surface area contributed by atoms with Crippen LogP contribution in [-0.4, -0.2) is 30.5 Å². The monoisotopic (exact) mass is 408 g/mol. The van der Waals surface area contributed by atoms with Gasteiger partial charge in [0.2, 0.25) is 5.91 Å². The number of anilines is 1. The van der Waals surface area contributed by atoms with Gasteiger partial charge in [-0.2, -0.15) is 0 Å². The lowest BCUT2D eigenvalue weighted by molar-refractivity contribution is -0.120. The van der Waals surface area contributed by atoms with Gasteiger partial charge >= 0.3 is 0 Å². The number of carbonyl (C=O) groups is 1. The molecule has 0 aliphatic heterocycles. The largest absolute Gasteiger partial charge is 0.495 e. The first-order valence-corrected chi connectivity index (χ1v) is 10.5. The maximum atomic E-state index is 13.0. The van der Waals surface area contributed by atoms with Crippen LogP contribution in [0.3, 0.4) is 0 Å². The smallest absolute Gasteiger partial charge is 0.241 e. The Hall–Kier alpha value is -2.83. The van der Waals surface area contributed by atoms with Crippen molar-refractivity contribution < 1.29 is 13.9 Å². The number of amides is 1. The zero-order valence-corrected chi connectivity index (χ0v) is 17.6. The number of nitrogens with zero attached hydrogens (tertiary/aromatic N) is 1. The van der Waals surface area contributed by atoms with Crippen LogP contribution in [0.15, 0.2) is 58.3 Å². The van der Waals surface area contributed by atoms with Gasteiger partial charge in [0.1, 0.15) is 16.9 Å². The zero-order valence-electron chi connectivity index (χ0n) is 16.8. The Morgan fingerprint density at radius 2 is 2.00 bits per heavy atom. The van der Waals surface area contributed by atoms with Crippen molar-refractivity contribution in [1.29, 1.82) is 0 Å². The van der Waals surface area contributed by atoms with Crippen molar-refractivity contribution in [1.82, 2.24) is 4.90 Å². The molecule has 0 spiro atoms. The highest BCUT2D eigenvalue weighted by atomic mass is 32.1. The number of nitrogens with one attached hydrogen (secondary N) is 1. The molecule has 0 bridgehead atoms. The molecule has 4 rings (SSSR count). The molecular formula is C23H24N2O3S. The number of rotatable bonds is 7. The Kier molecular flexibility index (Phi) is 5.56. The summed E-state index contributed by atoms with van der Waals surface area (Å²) in [7, 11) is 1.61. The predicted octanol–water partition coefficient (Wildman–Crippen LogP) is 5.51. The lowest BCUT2D eigenvalue weighted by Gasteiger charge is -2.26. The fourth-order valence-electron chi connectivity index (χ4n) is 3.55. The van der Waals surface area contributed by atoms with Gasteiger partial charge in [-0.1, -0.05) is 31.2 Å². The Morgan fingerprint density at radius 1 is 1.17 bits per heavy atom. The first-order valence-electron chi connectivity index (χ1n) is 9.67. The van der Waals surface area contributed by atoms with Crippen LogP contribution in [0, 0.1) is 0 Å². The maximum absolute atomic E-state index is 13.0. The van der Waals surface area contributed by atoms with Crippen LogP contribution in [0.5, 0.6) is 5.75 Å². The molecule has 1 amide bonds. The Labute approximate surface area is 173 Å². The summed E-state index contributed by atoms with van der Waals surface area (Å²) in [6.45, 7) is 5.53. The summed E-state index contributed by atoms with van der Waals surface area (Å²) < 4.78 is 11.5. The minimum absolute atomic E-state index is 0.0721. The Bertz CT molecular complexity index is 1130. The molecule has 5 nitrogen and oxygen atoms in total. The Balaban J connectivity index is 1.60. The average molecular weight is 409 g/mol. The van der Waals surface area contributed by atoms with Crippen molar-refractivity contribution in [2.75, 3.05) is 19.0 Å². The topological polar surface area (TPSA) is 54.7 Å². The lowest BCUT2D eigenvalue weighted by Crippen LogP contribution is -2.41. The third-order valence-electron chi connectivity index (χ3n) is 5.23. The fraction of sp³-hybridized carbons (Fsp3) is 0.261. The van der Waals surface area contributed by atoms with Gasteiger partial charge in [-0.3, -0.25) is 9.69 Å². The summed E-state index contributed by atoms with van der Waals surface area (Å²) in [6.07, 6.45) is 0. The van der Waals surface area contributed by atoms with Crippen molar-refractivity contribution in [2.45, 2.75) is 26.4 Å². The van der Waals surface area contributed by atoms with Crippen molar-refractivity contribution in [3.63, 3.8) is 0 Å². The van der Waals surface area contributed by atoms with E-state index in [-0.39, 0.29) is 11.9 Å². The van der Waals surface area contributed by atoms with Crippen LogP contribution in [0.1, 0.15) is 18.7 Å². The van der Waals surface area contributed by atoms with Gasteiger partial charge in [0, 0.05) is 28.3 Å². The molecule has 2 heterocycles. The second-order valence-corrected chi connectivity index (χ2v) is 7.99. The second-order valence-electron chi connectivity index (χ2n) is 6.95. The van der Waals surface area contributed by atoms with E-state index in [0.717, 1.165) is 35.0 Å². The number of thiophene rings is 1. The molecule has 29 heavy (non-hydrogen) atoms. The molecule has 0 saturated carbocycles. The van der Waals surface area contributed by atoms with E-state index in [1.54, 1.807) is 18.4 Å². The molecule has 0 aliphatic carbocycles. The minimum Gasteiger partial charge on any atom is -0.495 e. The summed E-state index contributed by atoms with van der Waals surface area (Å²) in [5, 5.41) is 7.08. The highest BCUT2D eigenvalue weighted by Gasteiger charge is 2.22. The standard InChI is InChI=1S/C23H24N2O3S/c1-4-25(14-16-8-7-11-29-16)15(2)23(26)24-19-13-21-18(12-22(19)27-3)17-9-5-6-10-20(17)28-21/h5-13,15H,4,14H2,1-3H3,(H,24,26)/t15-/m0/s1. The number of methoxy groups -OCH3 is 1. The fourth-order valence-corrected chi connectivity index (χ4v) is 4.28. The number of likely N-dealkylation sites (N-methyl/N-ethyl adjacent to an activating group) is 1. The summed E-state index contributed by atoms with van der Waals surface area (Å²) in [5.74, 6) is 0.545. The van der Waals surface area contributed by atoms with Gasteiger partial charge in [-0.05, 0) is 37.0 Å². The van der Waals surface area contributed by atoms with Crippen LogP contribution >= 0.6 is 11.3 Å². The van der Waals surface area contributed by atoms with Crippen molar-refractivity contribution in [2.24, 2.45) is 0 Å². The third kappa shape index (κ3) is 3.86.